The molecule has 7 nitrogen and oxygen atoms in total. The molecule has 3 aromatic rings. The van der Waals surface area contributed by atoms with E-state index in [4.69, 9.17) is 9.72 Å². The molecule has 2 aromatic carbocycles. The minimum atomic E-state index is 0.0108. The number of benzene rings is 2. The highest BCUT2D eigenvalue weighted by atomic mass is 16.5. The number of aryl methyl sites for hydroxylation is 1. The van der Waals surface area contributed by atoms with Crippen LogP contribution in [0.3, 0.4) is 0 Å². The Balaban J connectivity index is 2.02. The minimum absolute atomic E-state index is 0.0108. The SMILES string of the molecule is CCCC(c1ccc(C)cc1)N(CCN(CC(c1nc(COC)c(C)c(=O)n1Cc1ccccc1)C(C)C)C(C)C)CC(C)(C)N(C)C. The fraction of sp³-hybridized carbons (Fsp3) is 0.610. The lowest BCUT2D eigenvalue weighted by Crippen LogP contribution is -2.51. The number of ether oxygens (including phenoxy) is 1. The summed E-state index contributed by atoms with van der Waals surface area (Å²) >= 11 is 0. The summed E-state index contributed by atoms with van der Waals surface area (Å²) in [4.78, 5) is 26.9. The average molecular weight is 660 g/mol. The van der Waals surface area contributed by atoms with Gasteiger partial charge in [0.15, 0.2) is 0 Å². The maximum atomic E-state index is 14.0. The van der Waals surface area contributed by atoms with Gasteiger partial charge in [-0.15, -0.1) is 0 Å². The lowest BCUT2D eigenvalue weighted by molar-refractivity contribution is 0.0689. The Morgan fingerprint density at radius 1 is 0.917 bits per heavy atom. The van der Waals surface area contributed by atoms with Crippen LogP contribution in [0.25, 0.3) is 0 Å². The molecule has 7 heteroatoms. The molecule has 0 saturated carbocycles. The van der Waals surface area contributed by atoms with Gasteiger partial charge < -0.3 is 9.64 Å². The monoisotopic (exact) mass is 660 g/mol. The van der Waals surface area contributed by atoms with Crippen molar-refractivity contribution in [1.29, 1.82) is 0 Å². The number of hydrogen-bond acceptors (Lipinski definition) is 6. The Bertz CT molecular complexity index is 1450. The number of hydrogen-bond donors (Lipinski definition) is 0. The molecule has 0 radical (unpaired) electrons. The molecule has 0 fully saturated rings. The summed E-state index contributed by atoms with van der Waals surface area (Å²) < 4.78 is 7.44. The molecule has 0 N–H and O–H groups in total. The van der Waals surface area contributed by atoms with E-state index in [9.17, 15) is 4.79 Å². The van der Waals surface area contributed by atoms with Crippen molar-refractivity contribution < 1.29 is 4.74 Å². The van der Waals surface area contributed by atoms with Crippen LogP contribution in [0.1, 0.15) is 107 Å². The summed E-state index contributed by atoms with van der Waals surface area (Å²) in [5.74, 6) is 1.20. The fourth-order valence-corrected chi connectivity index (χ4v) is 6.46. The molecule has 2 atom stereocenters. The molecule has 3 rings (SSSR count). The normalized spacial score (nSPS) is 13.8. The Hall–Kier alpha value is -2.84. The van der Waals surface area contributed by atoms with Gasteiger partial charge in [0.1, 0.15) is 5.82 Å². The molecule has 0 aliphatic carbocycles. The summed E-state index contributed by atoms with van der Waals surface area (Å²) in [6, 6.07) is 20.1. The van der Waals surface area contributed by atoms with E-state index >= 15 is 0 Å². The van der Waals surface area contributed by atoms with Gasteiger partial charge >= 0.3 is 0 Å². The van der Waals surface area contributed by atoms with Crippen LogP contribution in [0.2, 0.25) is 0 Å². The molecule has 0 aliphatic rings. The van der Waals surface area contributed by atoms with Crippen molar-refractivity contribution in [2.45, 2.75) is 112 Å². The number of methoxy groups -OCH3 is 1. The molecule has 0 aliphatic heterocycles. The maximum absolute atomic E-state index is 14.0. The predicted molar refractivity (Wildman–Crippen MR) is 202 cm³/mol. The molecule has 0 amide bonds. The van der Waals surface area contributed by atoms with Crippen molar-refractivity contribution >= 4 is 0 Å². The van der Waals surface area contributed by atoms with Crippen LogP contribution in [0.5, 0.6) is 0 Å². The zero-order valence-electron chi connectivity index (χ0n) is 32.2. The average Bonchev–Trinajstić information content (AvgIpc) is 3.03. The van der Waals surface area contributed by atoms with E-state index in [2.05, 4.69) is 121 Å². The van der Waals surface area contributed by atoms with Gasteiger partial charge in [0, 0.05) is 62.4 Å². The number of rotatable bonds is 19. The third-order valence-electron chi connectivity index (χ3n) is 10.2. The molecule has 0 saturated heterocycles. The quantitative estimate of drug-likeness (QED) is 0.132. The Morgan fingerprint density at radius 2 is 1.54 bits per heavy atom. The Labute approximate surface area is 292 Å². The third kappa shape index (κ3) is 10.6. The van der Waals surface area contributed by atoms with Crippen LogP contribution >= 0.6 is 0 Å². The summed E-state index contributed by atoms with van der Waals surface area (Å²) in [6.45, 7) is 24.6. The fourth-order valence-electron chi connectivity index (χ4n) is 6.46. The number of likely N-dealkylation sites (N-methyl/N-ethyl adjacent to an activating group) is 1. The van der Waals surface area contributed by atoms with Crippen molar-refractivity contribution in [2.75, 3.05) is 47.4 Å². The predicted octanol–water partition coefficient (Wildman–Crippen LogP) is 7.69. The highest BCUT2D eigenvalue weighted by molar-refractivity contribution is 5.25. The van der Waals surface area contributed by atoms with Crippen LogP contribution in [-0.2, 0) is 17.9 Å². The molecular formula is C41H65N5O2. The molecule has 48 heavy (non-hydrogen) atoms. The highest BCUT2D eigenvalue weighted by Crippen LogP contribution is 2.30. The standard InChI is InChI=1S/C41H65N5O2/c1-13-17-38(35-22-20-32(6)21-23-35)45(29-41(8,9)43(10)11)25-24-44(31(4)5)27-36(30(2)3)39-42-37(28-48-12)33(7)40(47)46(39)26-34-18-15-14-16-19-34/h14-16,18-23,30-31,36,38H,13,17,24-29H2,1-12H3. The summed E-state index contributed by atoms with van der Waals surface area (Å²) in [5, 5.41) is 0. The van der Waals surface area contributed by atoms with Gasteiger partial charge in [-0.1, -0.05) is 87.4 Å². The first kappa shape index (κ1) is 39.6. The van der Waals surface area contributed by atoms with Crippen LogP contribution in [0.4, 0.5) is 0 Å². The van der Waals surface area contributed by atoms with Crippen LogP contribution < -0.4 is 5.56 Å². The van der Waals surface area contributed by atoms with Gasteiger partial charge in [-0.25, -0.2) is 4.98 Å². The lowest BCUT2D eigenvalue weighted by Gasteiger charge is -2.43. The van der Waals surface area contributed by atoms with Gasteiger partial charge in [-0.2, -0.15) is 0 Å². The molecule has 0 spiro atoms. The van der Waals surface area contributed by atoms with E-state index in [1.54, 1.807) is 7.11 Å². The molecular weight excluding hydrogens is 594 g/mol. The summed E-state index contributed by atoms with van der Waals surface area (Å²) in [7, 11) is 6.05. The molecule has 2 unspecified atom stereocenters. The van der Waals surface area contributed by atoms with E-state index in [1.807, 2.05) is 29.7 Å². The number of aromatic nitrogens is 2. The topological polar surface area (TPSA) is 53.8 Å². The first-order chi connectivity index (χ1) is 22.7. The van der Waals surface area contributed by atoms with E-state index in [0.29, 0.717) is 30.8 Å². The Morgan fingerprint density at radius 3 is 2.08 bits per heavy atom. The second-order valence-electron chi connectivity index (χ2n) is 15.2. The first-order valence-corrected chi connectivity index (χ1v) is 18.0. The lowest BCUT2D eigenvalue weighted by atomic mass is 9.92. The summed E-state index contributed by atoms with van der Waals surface area (Å²) in [6.07, 6.45) is 2.24. The largest absolute Gasteiger partial charge is 0.378 e. The van der Waals surface area contributed by atoms with E-state index in [0.717, 1.165) is 56.1 Å². The Kier molecular flexibility index (Phi) is 15.0. The molecule has 266 valence electrons. The van der Waals surface area contributed by atoms with Gasteiger partial charge in [0.05, 0.1) is 18.8 Å². The molecule has 0 bridgehead atoms. The zero-order valence-corrected chi connectivity index (χ0v) is 32.2. The van der Waals surface area contributed by atoms with E-state index < -0.39 is 0 Å². The van der Waals surface area contributed by atoms with Crippen molar-refractivity contribution in [2.24, 2.45) is 5.92 Å². The smallest absolute Gasteiger partial charge is 0.257 e. The van der Waals surface area contributed by atoms with Crippen LogP contribution in [0, 0.1) is 19.8 Å². The zero-order chi connectivity index (χ0) is 35.6. The van der Waals surface area contributed by atoms with E-state index in [-0.39, 0.29) is 22.9 Å². The second kappa shape index (κ2) is 18.2. The first-order valence-electron chi connectivity index (χ1n) is 18.0. The molecule has 1 aromatic heterocycles. The van der Waals surface area contributed by atoms with E-state index in [1.165, 1.54) is 11.1 Å². The van der Waals surface area contributed by atoms with Crippen molar-refractivity contribution in [3.63, 3.8) is 0 Å². The molecule has 1 heterocycles. The maximum Gasteiger partial charge on any atom is 0.257 e. The second-order valence-corrected chi connectivity index (χ2v) is 15.2. The van der Waals surface area contributed by atoms with Gasteiger partial charge in [-0.3, -0.25) is 19.2 Å². The van der Waals surface area contributed by atoms with Gasteiger partial charge in [-0.05, 0) is 79.1 Å². The number of nitrogens with zero attached hydrogens (tertiary/aromatic N) is 5. The van der Waals surface area contributed by atoms with Gasteiger partial charge in [0.25, 0.3) is 5.56 Å². The van der Waals surface area contributed by atoms with Crippen LogP contribution in [-0.4, -0.2) is 83.2 Å². The minimum Gasteiger partial charge on any atom is -0.378 e. The summed E-state index contributed by atoms with van der Waals surface area (Å²) in [5.41, 5.74) is 5.23. The third-order valence-corrected chi connectivity index (χ3v) is 10.2. The highest BCUT2D eigenvalue weighted by Gasteiger charge is 2.31. The van der Waals surface area contributed by atoms with Crippen molar-refractivity contribution in [1.82, 2.24) is 24.3 Å². The van der Waals surface area contributed by atoms with Crippen molar-refractivity contribution in [3.8, 4) is 0 Å². The van der Waals surface area contributed by atoms with Crippen LogP contribution in [0.15, 0.2) is 59.4 Å². The van der Waals surface area contributed by atoms with Gasteiger partial charge in [0.2, 0.25) is 0 Å². The van der Waals surface area contributed by atoms with Crippen molar-refractivity contribution in [3.05, 3.63) is 98.7 Å².